The predicted molar refractivity (Wildman–Crippen MR) is 44.0 cm³/mol. The average molecular weight is 151 g/mol. The molecule has 0 aromatic rings. The first-order valence-corrected chi connectivity index (χ1v) is 4.74. The maximum absolute atomic E-state index is 11.1. The molecular formula is C10H15O. The van der Waals surface area contributed by atoms with E-state index in [4.69, 9.17) is 0 Å². The van der Waals surface area contributed by atoms with E-state index >= 15 is 0 Å². The molecule has 2 aliphatic carbocycles. The molecule has 2 atom stereocenters. The number of Topliss-reactive ketones (excluding diaryl/α,β-unsaturated/α-hetero) is 1. The van der Waals surface area contributed by atoms with Crippen molar-refractivity contribution < 1.29 is 4.79 Å². The molecule has 0 spiro atoms. The number of hydrogen-bond acceptors (Lipinski definition) is 1. The predicted octanol–water partition coefficient (Wildman–Crippen LogP) is 2.36. The van der Waals surface area contributed by atoms with E-state index in [0.29, 0.717) is 11.7 Å². The highest BCUT2D eigenvalue weighted by Gasteiger charge is 2.30. The standard InChI is InChI=1S/C10H15O/c11-10-6-5-8-3-1-2-4-9(8)7-10/h7-9H,1-6H2. The first-order chi connectivity index (χ1) is 5.36. The van der Waals surface area contributed by atoms with Gasteiger partial charge in [0.25, 0.3) is 0 Å². The summed E-state index contributed by atoms with van der Waals surface area (Å²) in [4.78, 5) is 11.1. The largest absolute Gasteiger partial charge is 0.299 e. The van der Waals surface area contributed by atoms with E-state index in [1.807, 2.05) is 6.42 Å². The molecule has 0 aromatic heterocycles. The third-order valence-corrected chi connectivity index (χ3v) is 3.13. The van der Waals surface area contributed by atoms with Crippen LogP contribution in [0.2, 0.25) is 0 Å². The second kappa shape index (κ2) is 2.96. The van der Waals surface area contributed by atoms with Gasteiger partial charge in [0.05, 0.1) is 0 Å². The lowest BCUT2D eigenvalue weighted by molar-refractivity contribution is -0.118. The summed E-state index contributed by atoms with van der Waals surface area (Å²) < 4.78 is 0. The van der Waals surface area contributed by atoms with E-state index in [1.165, 1.54) is 32.1 Å². The van der Waals surface area contributed by atoms with Crippen molar-refractivity contribution in [1.29, 1.82) is 0 Å². The molecule has 0 bridgehead atoms. The fraction of sp³-hybridized carbons (Fsp3) is 0.800. The van der Waals surface area contributed by atoms with Gasteiger partial charge in [-0.3, -0.25) is 4.79 Å². The highest BCUT2D eigenvalue weighted by Crippen LogP contribution is 2.38. The van der Waals surface area contributed by atoms with Gasteiger partial charge >= 0.3 is 0 Å². The van der Waals surface area contributed by atoms with Crippen LogP contribution in [0.25, 0.3) is 0 Å². The van der Waals surface area contributed by atoms with Crippen molar-refractivity contribution in [2.24, 2.45) is 11.8 Å². The van der Waals surface area contributed by atoms with Gasteiger partial charge in [-0.15, -0.1) is 0 Å². The van der Waals surface area contributed by atoms with Gasteiger partial charge < -0.3 is 0 Å². The fourth-order valence-corrected chi connectivity index (χ4v) is 2.46. The molecule has 0 amide bonds. The van der Waals surface area contributed by atoms with E-state index < -0.39 is 0 Å². The highest BCUT2D eigenvalue weighted by atomic mass is 16.1. The second-order valence-corrected chi connectivity index (χ2v) is 3.88. The first kappa shape index (κ1) is 7.33. The third-order valence-electron chi connectivity index (χ3n) is 3.13. The Morgan fingerprint density at radius 1 is 1.18 bits per heavy atom. The van der Waals surface area contributed by atoms with E-state index in [1.54, 1.807) is 0 Å². The molecule has 11 heavy (non-hydrogen) atoms. The zero-order valence-electron chi connectivity index (χ0n) is 6.88. The minimum atomic E-state index is 0.396. The molecule has 0 N–H and O–H groups in total. The summed E-state index contributed by atoms with van der Waals surface area (Å²) in [7, 11) is 0. The Kier molecular flexibility index (Phi) is 1.97. The molecule has 0 aromatic carbocycles. The van der Waals surface area contributed by atoms with Crippen LogP contribution in [0.5, 0.6) is 0 Å². The lowest BCUT2D eigenvalue weighted by atomic mass is 9.71. The van der Waals surface area contributed by atoms with Crippen LogP contribution in [0, 0.1) is 18.3 Å². The van der Waals surface area contributed by atoms with Crippen molar-refractivity contribution in [1.82, 2.24) is 0 Å². The summed E-state index contributed by atoms with van der Waals surface area (Å²) >= 11 is 0. The SMILES string of the molecule is O=C1[CH]C2CCCCC2CC1. The van der Waals surface area contributed by atoms with Crippen molar-refractivity contribution in [3.63, 3.8) is 0 Å². The third kappa shape index (κ3) is 1.47. The van der Waals surface area contributed by atoms with Crippen LogP contribution in [0.4, 0.5) is 0 Å². The van der Waals surface area contributed by atoms with Crippen LogP contribution in [0.15, 0.2) is 0 Å². The topological polar surface area (TPSA) is 17.1 Å². The number of ketones is 1. The number of rotatable bonds is 0. The molecule has 1 nitrogen and oxygen atoms in total. The van der Waals surface area contributed by atoms with Crippen LogP contribution >= 0.6 is 0 Å². The maximum Gasteiger partial charge on any atom is 0.137 e. The van der Waals surface area contributed by atoms with E-state index in [-0.39, 0.29) is 0 Å². The summed E-state index contributed by atoms with van der Waals surface area (Å²) in [6, 6.07) is 0. The second-order valence-electron chi connectivity index (χ2n) is 3.88. The van der Waals surface area contributed by atoms with Crippen molar-refractivity contribution in [2.45, 2.75) is 38.5 Å². The number of hydrogen-bond donors (Lipinski definition) is 0. The Balaban J connectivity index is 1.98. The van der Waals surface area contributed by atoms with Crippen LogP contribution in [0.3, 0.4) is 0 Å². The van der Waals surface area contributed by atoms with Gasteiger partial charge in [0.1, 0.15) is 5.78 Å². The first-order valence-electron chi connectivity index (χ1n) is 4.74. The minimum Gasteiger partial charge on any atom is -0.299 e. The molecular weight excluding hydrogens is 136 g/mol. The van der Waals surface area contributed by atoms with Crippen molar-refractivity contribution in [3.8, 4) is 0 Å². The number of carbonyl (C=O) groups excluding carboxylic acids is 1. The zero-order valence-corrected chi connectivity index (χ0v) is 6.88. The molecule has 2 aliphatic rings. The van der Waals surface area contributed by atoms with Gasteiger partial charge in [0, 0.05) is 12.8 Å². The normalized spacial score (nSPS) is 38.4. The molecule has 0 aliphatic heterocycles. The average Bonchev–Trinajstić information content (AvgIpc) is 2.04. The Morgan fingerprint density at radius 3 is 2.91 bits per heavy atom. The van der Waals surface area contributed by atoms with Crippen molar-refractivity contribution in [3.05, 3.63) is 6.42 Å². The Bertz CT molecular complexity index is 162. The summed E-state index contributed by atoms with van der Waals surface area (Å²) in [5.74, 6) is 1.92. The molecule has 1 radical (unpaired) electrons. The van der Waals surface area contributed by atoms with E-state index in [9.17, 15) is 4.79 Å². The van der Waals surface area contributed by atoms with Crippen LogP contribution < -0.4 is 0 Å². The molecule has 2 fully saturated rings. The molecule has 61 valence electrons. The van der Waals surface area contributed by atoms with Gasteiger partial charge in [-0.1, -0.05) is 19.3 Å². The lowest BCUT2D eigenvalue weighted by Crippen LogP contribution is -2.28. The van der Waals surface area contributed by atoms with Crippen molar-refractivity contribution >= 4 is 5.78 Å². The molecule has 0 saturated heterocycles. The highest BCUT2D eigenvalue weighted by molar-refractivity contribution is 5.88. The zero-order chi connectivity index (χ0) is 7.68. The maximum atomic E-state index is 11.1. The van der Waals surface area contributed by atoms with E-state index in [2.05, 4.69) is 0 Å². The van der Waals surface area contributed by atoms with E-state index in [0.717, 1.165) is 12.3 Å². The smallest absolute Gasteiger partial charge is 0.137 e. The molecule has 2 unspecified atom stereocenters. The number of fused-ring (bicyclic) bond motifs is 1. The Hall–Kier alpha value is -0.330. The van der Waals surface area contributed by atoms with Crippen LogP contribution in [0.1, 0.15) is 38.5 Å². The Labute approximate surface area is 68.2 Å². The summed E-state index contributed by atoms with van der Waals surface area (Å²) in [6.45, 7) is 0. The summed E-state index contributed by atoms with van der Waals surface area (Å²) in [5.41, 5.74) is 0. The molecule has 1 heteroatoms. The fourth-order valence-electron chi connectivity index (χ4n) is 2.46. The van der Waals surface area contributed by atoms with Crippen molar-refractivity contribution in [2.75, 3.05) is 0 Å². The van der Waals surface area contributed by atoms with Gasteiger partial charge in [0.2, 0.25) is 0 Å². The molecule has 2 rings (SSSR count). The van der Waals surface area contributed by atoms with Crippen LogP contribution in [-0.4, -0.2) is 5.78 Å². The summed E-state index contributed by atoms with van der Waals surface area (Å²) in [5, 5.41) is 0. The van der Waals surface area contributed by atoms with Crippen LogP contribution in [-0.2, 0) is 4.79 Å². The quantitative estimate of drug-likeness (QED) is 0.519. The molecule has 2 saturated carbocycles. The minimum absolute atomic E-state index is 0.396. The monoisotopic (exact) mass is 151 g/mol. The van der Waals surface area contributed by atoms with Gasteiger partial charge in [-0.25, -0.2) is 0 Å². The Morgan fingerprint density at radius 2 is 2.00 bits per heavy atom. The lowest BCUT2D eigenvalue weighted by Gasteiger charge is -2.34. The molecule has 0 heterocycles. The summed E-state index contributed by atoms with van der Waals surface area (Å²) in [6.07, 6.45) is 9.35. The van der Waals surface area contributed by atoms with Gasteiger partial charge in [-0.2, -0.15) is 0 Å². The number of carbonyl (C=O) groups is 1. The van der Waals surface area contributed by atoms with Gasteiger partial charge in [0.15, 0.2) is 0 Å². The van der Waals surface area contributed by atoms with Gasteiger partial charge in [-0.05, 0) is 24.7 Å².